The summed E-state index contributed by atoms with van der Waals surface area (Å²) in [4.78, 5) is 0. The summed E-state index contributed by atoms with van der Waals surface area (Å²) < 4.78 is 18.8. The Morgan fingerprint density at radius 2 is 2.47 bits per heavy atom. The van der Waals surface area contributed by atoms with Crippen LogP contribution in [0.3, 0.4) is 0 Å². The molecule has 0 saturated carbocycles. The minimum Gasteiger partial charge on any atom is -0.381 e. The zero-order valence-electron chi connectivity index (χ0n) is 9.37. The first-order valence-corrected chi connectivity index (χ1v) is 5.56. The lowest BCUT2D eigenvalue weighted by atomic mass is 10.1. The molecule has 1 aromatic rings. The number of halogens is 1. The van der Waals surface area contributed by atoms with Crippen molar-refractivity contribution in [3.8, 4) is 6.07 Å². The number of rotatable bonds is 3. The molecule has 0 amide bonds. The molecule has 1 aromatic carbocycles. The van der Waals surface area contributed by atoms with Crippen molar-refractivity contribution in [2.75, 3.05) is 31.6 Å². The van der Waals surface area contributed by atoms with Crippen molar-refractivity contribution in [3.63, 3.8) is 0 Å². The van der Waals surface area contributed by atoms with E-state index in [0.717, 1.165) is 13.1 Å². The number of morpholine rings is 1. The van der Waals surface area contributed by atoms with Gasteiger partial charge in [-0.1, -0.05) is 6.07 Å². The molecule has 1 aliphatic heterocycles. The Bertz CT molecular complexity index is 424. The molecule has 0 aromatic heterocycles. The van der Waals surface area contributed by atoms with Crippen molar-refractivity contribution >= 4 is 5.69 Å². The molecule has 17 heavy (non-hydrogen) atoms. The van der Waals surface area contributed by atoms with Crippen LogP contribution < -0.4 is 10.6 Å². The van der Waals surface area contributed by atoms with Crippen LogP contribution in [0.25, 0.3) is 0 Å². The molecule has 0 aliphatic carbocycles. The van der Waals surface area contributed by atoms with E-state index in [1.165, 1.54) is 6.07 Å². The van der Waals surface area contributed by atoms with E-state index in [-0.39, 0.29) is 11.7 Å². The highest BCUT2D eigenvalue weighted by Crippen LogP contribution is 2.17. The van der Waals surface area contributed by atoms with E-state index in [1.807, 2.05) is 6.07 Å². The maximum atomic E-state index is 13.3. The maximum absolute atomic E-state index is 13.3. The Kier molecular flexibility index (Phi) is 3.91. The quantitative estimate of drug-likeness (QED) is 0.823. The van der Waals surface area contributed by atoms with E-state index in [4.69, 9.17) is 10.00 Å². The Morgan fingerprint density at radius 3 is 3.18 bits per heavy atom. The third-order valence-electron chi connectivity index (χ3n) is 2.65. The molecule has 2 N–H and O–H groups in total. The monoisotopic (exact) mass is 235 g/mol. The first kappa shape index (κ1) is 11.8. The second kappa shape index (κ2) is 5.62. The Labute approximate surface area is 99.4 Å². The summed E-state index contributed by atoms with van der Waals surface area (Å²) in [6, 6.07) is 6.41. The molecule has 90 valence electrons. The van der Waals surface area contributed by atoms with Crippen molar-refractivity contribution < 1.29 is 9.13 Å². The molecule has 1 atom stereocenters. The van der Waals surface area contributed by atoms with Crippen LogP contribution in [0.2, 0.25) is 0 Å². The standard InChI is InChI=1S/C12H14FN3O/c13-11-2-1-3-12(10(11)6-14)16-8-9-7-15-4-5-17-9/h1-3,9,15-16H,4-5,7-8H2. The third-order valence-corrected chi connectivity index (χ3v) is 2.65. The lowest BCUT2D eigenvalue weighted by Gasteiger charge is -2.24. The SMILES string of the molecule is N#Cc1c(F)cccc1NCC1CNCCO1. The summed E-state index contributed by atoms with van der Waals surface area (Å²) in [6.45, 7) is 2.87. The molecule has 1 aliphatic rings. The summed E-state index contributed by atoms with van der Waals surface area (Å²) in [5.41, 5.74) is 0.568. The van der Waals surface area contributed by atoms with Crippen LogP contribution in [0, 0.1) is 17.1 Å². The number of nitriles is 1. The van der Waals surface area contributed by atoms with Crippen LogP contribution in [0.5, 0.6) is 0 Å². The molecule has 0 bridgehead atoms. The van der Waals surface area contributed by atoms with E-state index in [9.17, 15) is 4.39 Å². The lowest BCUT2D eigenvalue weighted by Crippen LogP contribution is -2.42. The number of ether oxygens (including phenoxy) is 1. The van der Waals surface area contributed by atoms with Crippen molar-refractivity contribution in [3.05, 3.63) is 29.6 Å². The summed E-state index contributed by atoms with van der Waals surface area (Å²) >= 11 is 0. The van der Waals surface area contributed by atoms with Gasteiger partial charge in [0.15, 0.2) is 0 Å². The molecule has 5 heteroatoms. The maximum Gasteiger partial charge on any atom is 0.143 e. The normalized spacial score (nSPS) is 19.6. The lowest BCUT2D eigenvalue weighted by molar-refractivity contribution is 0.0372. The summed E-state index contributed by atoms with van der Waals surface area (Å²) in [6.07, 6.45) is 0.0542. The van der Waals surface area contributed by atoms with Gasteiger partial charge in [-0.05, 0) is 12.1 Å². The van der Waals surface area contributed by atoms with Gasteiger partial charge in [0.1, 0.15) is 17.4 Å². The minimum atomic E-state index is -0.500. The van der Waals surface area contributed by atoms with Crippen LogP contribution in [0.15, 0.2) is 18.2 Å². The van der Waals surface area contributed by atoms with Gasteiger partial charge in [0.2, 0.25) is 0 Å². The van der Waals surface area contributed by atoms with Crippen LogP contribution in [-0.4, -0.2) is 32.3 Å². The summed E-state index contributed by atoms with van der Waals surface area (Å²) in [5, 5.41) is 15.1. The van der Waals surface area contributed by atoms with Gasteiger partial charge in [-0.15, -0.1) is 0 Å². The van der Waals surface area contributed by atoms with Gasteiger partial charge < -0.3 is 15.4 Å². The Morgan fingerprint density at radius 1 is 1.59 bits per heavy atom. The fraction of sp³-hybridized carbons (Fsp3) is 0.417. The smallest absolute Gasteiger partial charge is 0.143 e. The first-order chi connectivity index (χ1) is 8.31. The highest BCUT2D eigenvalue weighted by Gasteiger charge is 2.14. The number of anilines is 1. The zero-order valence-corrected chi connectivity index (χ0v) is 9.37. The zero-order chi connectivity index (χ0) is 12.1. The Hall–Kier alpha value is -1.64. The number of hydrogen-bond acceptors (Lipinski definition) is 4. The molecule has 1 heterocycles. The predicted octanol–water partition coefficient (Wildman–Crippen LogP) is 1.10. The van der Waals surface area contributed by atoms with Crippen molar-refractivity contribution in [1.29, 1.82) is 5.26 Å². The van der Waals surface area contributed by atoms with Crippen LogP contribution in [0.4, 0.5) is 10.1 Å². The molecule has 1 fully saturated rings. The van der Waals surface area contributed by atoms with Crippen LogP contribution in [-0.2, 0) is 4.74 Å². The van der Waals surface area contributed by atoms with E-state index < -0.39 is 5.82 Å². The molecular weight excluding hydrogens is 221 g/mol. The van der Waals surface area contributed by atoms with Gasteiger partial charge in [-0.2, -0.15) is 5.26 Å². The van der Waals surface area contributed by atoms with Gasteiger partial charge >= 0.3 is 0 Å². The van der Waals surface area contributed by atoms with Crippen molar-refractivity contribution in [2.24, 2.45) is 0 Å². The van der Waals surface area contributed by atoms with Crippen LogP contribution >= 0.6 is 0 Å². The molecule has 0 spiro atoms. The number of benzene rings is 1. The molecular formula is C12H14FN3O. The summed E-state index contributed by atoms with van der Waals surface area (Å²) in [7, 11) is 0. The molecule has 4 nitrogen and oxygen atoms in total. The van der Waals surface area contributed by atoms with Crippen LogP contribution in [0.1, 0.15) is 5.56 Å². The van der Waals surface area contributed by atoms with Gasteiger partial charge in [-0.25, -0.2) is 4.39 Å². The largest absolute Gasteiger partial charge is 0.381 e. The van der Waals surface area contributed by atoms with Gasteiger partial charge in [-0.3, -0.25) is 0 Å². The predicted molar refractivity (Wildman–Crippen MR) is 62.2 cm³/mol. The second-order valence-electron chi connectivity index (χ2n) is 3.85. The van der Waals surface area contributed by atoms with E-state index in [0.29, 0.717) is 18.8 Å². The second-order valence-corrected chi connectivity index (χ2v) is 3.85. The summed E-state index contributed by atoms with van der Waals surface area (Å²) in [5.74, 6) is -0.500. The fourth-order valence-corrected chi connectivity index (χ4v) is 1.76. The number of nitrogens with zero attached hydrogens (tertiary/aromatic N) is 1. The third kappa shape index (κ3) is 2.93. The van der Waals surface area contributed by atoms with E-state index in [2.05, 4.69) is 10.6 Å². The first-order valence-electron chi connectivity index (χ1n) is 5.56. The minimum absolute atomic E-state index is 0.0521. The molecule has 1 unspecified atom stereocenters. The molecule has 0 radical (unpaired) electrons. The van der Waals surface area contributed by atoms with E-state index in [1.54, 1.807) is 12.1 Å². The highest BCUT2D eigenvalue weighted by atomic mass is 19.1. The number of hydrogen-bond donors (Lipinski definition) is 2. The topological polar surface area (TPSA) is 57.1 Å². The molecule has 2 rings (SSSR count). The van der Waals surface area contributed by atoms with Gasteiger partial charge in [0.25, 0.3) is 0 Å². The van der Waals surface area contributed by atoms with E-state index >= 15 is 0 Å². The molecule has 1 saturated heterocycles. The van der Waals surface area contributed by atoms with Gasteiger partial charge in [0.05, 0.1) is 18.4 Å². The Balaban J connectivity index is 1.99. The number of nitrogens with one attached hydrogen (secondary N) is 2. The van der Waals surface area contributed by atoms with Gasteiger partial charge in [0, 0.05) is 19.6 Å². The highest BCUT2D eigenvalue weighted by molar-refractivity contribution is 5.57. The van der Waals surface area contributed by atoms with Crippen molar-refractivity contribution in [2.45, 2.75) is 6.10 Å². The average molecular weight is 235 g/mol. The fourth-order valence-electron chi connectivity index (χ4n) is 1.76. The van der Waals surface area contributed by atoms with Crippen molar-refractivity contribution in [1.82, 2.24) is 5.32 Å². The average Bonchev–Trinajstić information content (AvgIpc) is 2.37.